The molecular weight excluding hydrogens is 275 g/mol. The Morgan fingerprint density at radius 2 is 2.00 bits per heavy atom. The predicted octanol–water partition coefficient (Wildman–Crippen LogP) is 3.09. The number of nitrogens with two attached hydrogens (primary N) is 1. The second-order valence-electron chi connectivity index (χ2n) is 5.58. The largest absolute Gasteiger partial charge is 0.381 e. The van der Waals surface area contributed by atoms with E-state index in [0.717, 1.165) is 5.69 Å². The molecule has 0 aliphatic heterocycles. The number of aromatic nitrogens is 3. The van der Waals surface area contributed by atoms with Crippen LogP contribution in [0.2, 0.25) is 0 Å². The van der Waals surface area contributed by atoms with Gasteiger partial charge in [0.2, 0.25) is 0 Å². The standard InChI is InChI=1S/C14H19FN4S/c1-14(2,3)12-13(16)17-18-19(12)8-9-20-11-7-5-4-6-10(11)15/h4-7H,8-9,16H2,1-3H3. The molecule has 108 valence electrons. The van der Waals surface area contributed by atoms with Gasteiger partial charge in [0.15, 0.2) is 5.82 Å². The number of rotatable bonds is 4. The van der Waals surface area contributed by atoms with Crippen LogP contribution in [0.3, 0.4) is 0 Å². The summed E-state index contributed by atoms with van der Waals surface area (Å²) in [4.78, 5) is 0.651. The van der Waals surface area contributed by atoms with Crippen molar-refractivity contribution in [2.45, 2.75) is 37.6 Å². The smallest absolute Gasteiger partial charge is 0.169 e. The van der Waals surface area contributed by atoms with E-state index in [1.807, 2.05) is 10.7 Å². The number of halogens is 1. The molecule has 0 amide bonds. The van der Waals surface area contributed by atoms with Gasteiger partial charge < -0.3 is 5.73 Å². The molecule has 2 aromatic rings. The third kappa shape index (κ3) is 3.30. The Morgan fingerprint density at radius 1 is 1.30 bits per heavy atom. The monoisotopic (exact) mass is 294 g/mol. The molecule has 0 saturated carbocycles. The molecule has 0 unspecified atom stereocenters. The molecule has 1 aromatic heterocycles. The minimum atomic E-state index is -0.188. The number of nitrogen functional groups attached to an aromatic ring is 1. The van der Waals surface area contributed by atoms with E-state index < -0.39 is 0 Å². The zero-order chi connectivity index (χ0) is 14.8. The van der Waals surface area contributed by atoms with E-state index in [1.165, 1.54) is 17.8 Å². The number of benzene rings is 1. The van der Waals surface area contributed by atoms with Crippen LogP contribution in [0, 0.1) is 5.82 Å². The van der Waals surface area contributed by atoms with Crippen LogP contribution in [0.25, 0.3) is 0 Å². The van der Waals surface area contributed by atoms with Gasteiger partial charge in [-0.3, -0.25) is 0 Å². The Morgan fingerprint density at radius 3 is 2.65 bits per heavy atom. The first-order valence-electron chi connectivity index (χ1n) is 6.46. The second kappa shape index (κ2) is 5.83. The van der Waals surface area contributed by atoms with Crippen LogP contribution < -0.4 is 5.73 Å². The normalized spacial score (nSPS) is 11.8. The lowest BCUT2D eigenvalue weighted by atomic mass is 9.92. The summed E-state index contributed by atoms with van der Waals surface area (Å²) in [6, 6.07) is 6.77. The summed E-state index contributed by atoms with van der Waals surface area (Å²) in [7, 11) is 0. The molecule has 0 fully saturated rings. The number of hydrogen-bond donors (Lipinski definition) is 1. The third-order valence-electron chi connectivity index (χ3n) is 2.87. The van der Waals surface area contributed by atoms with E-state index in [9.17, 15) is 4.39 Å². The van der Waals surface area contributed by atoms with Crippen molar-refractivity contribution in [3.63, 3.8) is 0 Å². The van der Waals surface area contributed by atoms with E-state index >= 15 is 0 Å². The minimum absolute atomic E-state index is 0.115. The van der Waals surface area contributed by atoms with Gasteiger partial charge in [0.25, 0.3) is 0 Å². The van der Waals surface area contributed by atoms with Gasteiger partial charge in [-0.2, -0.15) is 0 Å². The molecule has 0 spiro atoms. The molecule has 0 aliphatic rings. The van der Waals surface area contributed by atoms with Gasteiger partial charge >= 0.3 is 0 Å². The van der Waals surface area contributed by atoms with E-state index in [1.54, 1.807) is 12.1 Å². The summed E-state index contributed by atoms with van der Waals surface area (Å²) in [5, 5.41) is 8.00. The molecule has 4 nitrogen and oxygen atoms in total. The average Bonchev–Trinajstić information content (AvgIpc) is 2.73. The first-order chi connectivity index (χ1) is 9.39. The fraction of sp³-hybridized carbons (Fsp3) is 0.429. The van der Waals surface area contributed by atoms with Crippen LogP contribution in [0.5, 0.6) is 0 Å². The molecule has 1 aromatic carbocycles. The highest BCUT2D eigenvalue weighted by Gasteiger charge is 2.23. The summed E-state index contributed by atoms with van der Waals surface area (Å²) in [5.74, 6) is 0.993. The van der Waals surface area contributed by atoms with E-state index in [4.69, 9.17) is 5.73 Å². The van der Waals surface area contributed by atoms with Gasteiger partial charge in [-0.15, -0.1) is 16.9 Å². The predicted molar refractivity (Wildman–Crippen MR) is 80.3 cm³/mol. The van der Waals surface area contributed by atoms with Crippen LogP contribution in [0.1, 0.15) is 26.5 Å². The highest BCUT2D eigenvalue weighted by atomic mass is 32.2. The Labute approximate surface area is 122 Å². The van der Waals surface area contributed by atoms with Crippen molar-refractivity contribution in [2.24, 2.45) is 0 Å². The Bertz CT molecular complexity index is 589. The summed E-state index contributed by atoms with van der Waals surface area (Å²) in [6.45, 7) is 6.86. The zero-order valence-corrected chi connectivity index (χ0v) is 12.7. The lowest BCUT2D eigenvalue weighted by molar-refractivity contribution is 0.496. The molecular formula is C14H19FN4S. The Hall–Kier alpha value is -1.56. The highest BCUT2D eigenvalue weighted by molar-refractivity contribution is 7.99. The second-order valence-corrected chi connectivity index (χ2v) is 6.71. The van der Waals surface area contributed by atoms with Crippen LogP contribution in [0.4, 0.5) is 10.2 Å². The first-order valence-corrected chi connectivity index (χ1v) is 7.45. The summed E-state index contributed by atoms with van der Waals surface area (Å²) in [5.41, 5.74) is 6.68. The Kier molecular flexibility index (Phi) is 4.32. The van der Waals surface area contributed by atoms with E-state index in [-0.39, 0.29) is 11.2 Å². The molecule has 2 N–H and O–H groups in total. The van der Waals surface area contributed by atoms with Crippen molar-refractivity contribution in [3.8, 4) is 0 Å². The minimum Gasteiger partial charge on any atom is -0.381 e. The fourth-order valence-electron chi connectivity index (χ4n) is 2.06. The fourth-order valence-corrected chi connectivity index (χ4v) is 2.92. The lowest BCUT2D eigenvalue weighted by Gasteiger charge is -2.20. The number of hydrogen-bond acceptors (Lipinski definition) is 4. The molecule has 0 bridgehead atoms. The van der Waals surface area contributed by atoms with Crippen molar-refractivity contribution in [2.75, 3.05) is 11.5 Å². The molecule has 1 heterocycles. The van der Waals surface area contributed by atoms with Crippen molar-refractivity contribution >= 4 is 17.6 Å². The van der Waals surface area contributed by atoms with Crippen LogP contribution >= 0.6 is 11.8 Å². The first kappa shape index (κ1) is 14.8. The summed E-state index contributed by atoms with van der Waals surface area (Å²) in [6.07, 6.45) is 0. The van der Waals surface area contributed by atoms with E-state index in [2.05, 4.69) is 31.1 Å². The molecule has 0 radical (unpaired) electrons. The quantitative estimate of drug-likeness (QED) is 0.880. The number of nitrogens with zero attached hydrogens (tertiary/aromatic N) is 3. The van der Waals surface area contributed by atoms with E-state index in [0.29, 0.717) is 23.0 Å². The zero-order valence-electron chi connectivity index (χ0n) is 11.9. The molecule has 0 saturated heterocycles. The van der Waals surface area contributed by atoms with Crippen molar-refractivity contribution in [1.29, 1.82) is 0 Å². The SMILES string of the molecule is CC(C)(C)c1c(N)nnn1CCSc1ccccc1F. The molecule has 6 heteroatoms. The summed E-state index contributed by atoms with van der Waals surface area (Å²) >= 11 is 1.47. The van der Waals surface area contributed by atoms with Gasteiger partial charge in [0, 0.05) is 16.1 Å². The molecule has 2 rings (SSSR count). The van der Waals surface area contributed by atoms with Crippen LogP contribution in [-0.2, 0) is 12.0 Å². The summed E-state index contributed by atoms with van der Waals surface area (Å²) < 4.78 is 15.3. The van der Waals surface area contributed by atoms with Crippen molar-refractivity contribution in [1.82, 2.24) is 15.0 Å². The maximum Gasteiger partial charge on any atom is 0.169 e. The number of anilines is 1. The number of aryl methyl sites for hydroxylation is 1. The van der Waals surface area contributed by atoms with Gasteiger partial charge in [-0.05, 0) is 12.1 Å². The topological polar surface area (TPSA) is 56.7 Å². The Balaban J connectivity index is 2.04. The van der Waals surface area contributed by atoms with Gasteiger partial charge in [-0.1, -0.05) is 38.1 Å². The highest BCUT2D eigenvalue weighted by Crippen LogP contribution is 2.27. The molecule has 20 heavy (non-hydrogen) atoms. The molecule has 0 atom stereocenters. The van der Waals surface area contributed by atoms with Crippen molar-refractivity contribution < 1.29 is 4.39 Å². The lowest BCUT2D eigenvalue weighted by Crippen LogP contribution is -2.20. The van der Waals surface area contributed by atoms with Crippen LogP contribution in [0.15, 0.2) is 29.2 Å². The average molecular weight is 294 g/mol. The maximum atomic E-state index is 13.5. The van der Waals surface area contributed by atoms with Crippen LogP contribution in [-0.4, -0.2) is 20.7 Å². The molecule has 0 aliphatic carbocycles. The van der Waals surface area contributed by atoms with Crippen molar-refractivity contribution in [3.05, 3.63) is 35.8 Å². The third-order valence-corrected chi connectivity index (χ3v) is 3.90. The maximum absolute atomic E-state index is 13.5. The van der Waals surface area contributed by atoms with Gasteiger partial charge in [0.1, 0.15) is 5.82 Å². The number of thioether (sulfide) groups is 1. The van der Waals surface area contributed by atoms with Gasteiger partial charge in [-0.25, -0.2) is 9.07 Å². The van der Waals surface area contributed by atoms with Gasteiger partial charge in [0.05, 0.1) is 12.2 Å².